The number of halogens is 2. The predicted octanol–water partition coefficient (Wildman–Crippen LogP) is 3.47. The normalized spacial score (nSPS) is 20.9. The number of carbonyl (C=O) groups is 1. The molecule has 6 heteroatoms. The second kappa shape index (κ2) is 8.18. The Morgan fingerprint density at radius 1 is 1.50 bits per heavy atom. The summed E-state index contributed by atoms with van der Waals surface area (Å²) >= 11 is 3.43. The van der Waals surface area contributed by atoms with E-state index in [0.717, 1.165) is 17.4 Å². The molecule has 0 aliphatic carbocycles. The van der Waals surface area contributed by atoms with Crippen LogP contribution < -0.4 is 10.5 Å². The van der Waals surface area contributed by atoms with E-state index in [-0.39, 0.29) is 30.5 Å². The highest BCUT2D eigenvalue weighted by atomic mass is 79.9. The molecule has 0 aromatic heterocycles. The molecule has 1 aromatic rings. The van der Waals surface area contributed by atoms with Gasteiger partial charge in [-0.1, -0.05) is 15.9 Å². The number of ether oxygens (including phenoxy) is 1. The van der Waals surface area contributed by atoms with Crippen molar-refractivity contribution < 1.29 is 9.53 Å². The van der Waals surface area contributed by atoms with Crippen molar-refractivity contribution in [1.29, 1.82) is 0 Å². The fraction of sp³-hybridized carbons (Fsp3) is 0.562. The van der Waals surface area contributed by atoms with Gasteiger partial charge in [0.2, 0.25) is 0 Å². The van der Waals surface area contributed by atoms with Crippen molar-refractivity contribution in [3.63, 3.8) is 0 Å². The van der Waals surface area contributed by atoms with Gasteiger partial charge in [0, 0.05) is 17.1 Å². The number of hydrogen-bond acceptors (Lipinski definition) is 3. The van der Waals surface area contributed by atoms with E-state index in [9.17, 15) is 4.79 Å². The molecular formula is C16H24BrClN2O2. The lowest BCUT2D eigenvalue weighted by Crippen LogP contribution is -2.34. The largest absolute Gasteiger partial charge is 0.490 e. The Hall–Kier alpha value is -0.780. The van der Waals surface area contributed by atoms with Crippen LogP contribution in [0.5, 0.6) is 5.75 Å². The number of rotatable bonds is 4. The van der Waals surface area contributed by atoms with Gasteiger partial charge < -0.3 is 15.4 Å². The Balaban J connectivity index is 0.00000242. The predicted molar refractivity (Wildman–Crippen MR) is 94.8 cm³/mol. The summed E-state index contributed by atoms with van der Waals surface area (Å²) in [5, 5.41) is 0. The molecular weight excluding hydrogens is 368 g/mol. The first kappa shape index (κ1) is 19.3. The van der Waals surface area contributed by atoms with Gasteiger partial charge in [0.15, 0.2) is 0 Å². The lowest BCUT2D eigenvalue weighted by Gasteiger charge is -2.23. The minimum atomic E-state index is 0. The van der Waals surface area contributed by atoms with E-state index in [1.807, 2.05) is 36.9 Å². The molecule has 2 N–H and O–H groups in total. The zero-order valence-corrected chi connectivity index (χ0v) is 15.6. The highest BCUT2D eigenvalue weighted by molar-refractivity contribution is 9.10. The van der Waals surface area contributed by atoms with Gasteiger partial charge in [-0.3, -0.25) is 4.79 Å². The Labute approximate surface area is 146 Å². The van der Waals surface area contributed by atoms with Gasteiger partial charge in [0.25, 0.3) is 5.91 Å². The van der Waals surface area contributed by atoms with Crippen molar-refractivity contribution in [2.24, 2.45) is 11.7 Å². The molecule has 124 valence electrons. The van der Waals surface area contributed by atoms with Gasteiger partial charge in [-0.2, -0.15) is 0 Å². The molecule has 1 aliphatic heterocycles. The zero-order valence-electron chi connectivity index (χ0n) is 13.2. The molecule has 2 rings (SSSR count). The maximum absolute atomic E-state index is 12.8. The van der Waals surface area contributed by atoms with Crippen molar-refractivity contribution in [1.82, 2.24) is 4.90 Å². The summed E-state index contributed by atoms with van der Waals surface area (Å²) in [6, 6.07) is 5.78. The van der Waals surface area contributed by atoms with Gasteiger partial charge in [0.05, 0.1) is 11.7 Å². The average molecular weight is 392 g/mol. The van der Waals surface area contributed by atoms with Crippen LogP contribution in [-0.2, 0) is 0 Å². The standard InChI is InChI=1S/C16H23BrN2O2.ClH/c1-10(2)21-15-7-13(17)4-5-14(15)16(20)19-9-12(8-18)6-11(19)3;/h4-5,7,10-12H,6,8-9,18H2,1-3H3;1H. The van der Waals surface area contributed by atoms with Crippen LogP contribution in [-0.4, -0.2) is 36.0 Å². The lowest BCUT2D eigenvalue weighted by atomic mass is 10.1. The molecule has 22 heavy (non-hydrogen) atoms. The fourth-order valence-corrected chi connectivity index (χ4v) is 3.12. The third kappa shape index (κ3) is 4.37. The monoisotopic (exact) mass is 390 g/mol. The van der Waals surface area contributed by atoms with E-state index in [1.54, 1.807) is 0 Å². The van der Waals surface area contributed by atoms with Gasteiger partial charge in [-0.25, -0.2) is 0 Å². The van der Waals surface area contributed by atoms with Crippen LogP contribution in [0.2, 0.25) is 0 Å². The Morgan fingerprint density at radius 3 is 2.73 bits per heavy atom. The molecule has 1 saturated heterocycles. The number of hydrogen-bond donors (Lipinski definition) is 1. The Kier molecular flexibility index (Phi) is 7.16. The van der Waals surface area contributed by atoms with Gasteiger partial charge in [0.1, 0.15) is 5.75 Å². The molecule has 4 nitrogen and oxygen atoms in total. The van der Waals surface area contributed by atoms with Crippen molar-refractivity contribution in [3.05, 3.63) is 28.2 Å². The van der Waals surface area contributed by atoms with Crippen molar-refractivity contribution in [2.45, 2.75) is 39.3 Å². The molecule has 1 heterocycles. The first-order valence-electron chi connectivity index (χ1n) is 7.39. The summed E-state index contributed by atoms with van der Waals surface area (Å²) in [5.74, 6) is 1.06. The van der Waals surface area contributed by atoms with E-state index in [1.165, 1.54) is 0 Å². The Morgan fingerprint density at radius 2 is 2.18 bits per heavy atom. The Bertz CT molecular complexity index is 525. The van der Waals surface area contributed by atoms with Crippen LogP contribution in [0.15, 0.2) is 22.7 Å². The van der Waals surface area contributed by atoms with Gasteiger partial charge in [-0.05, 0) is 57.9 Å². The number of benzene rings is 1. The summed E-state index contributed by atoms with van der Waals surface area (Å²) in [6.45, 7) is 7.35. The molecule has 0 saturated carbocycles. The van der Waals surface area contributed by atoms with E-state index in [2.05, 4.69) is 22.9 Å². The lowest BCUT2D eigenvalue weighted by molar-refractivity contribution is 0.0737. The summed E-state index contributed by atoms with van der Waals surface area (Å²) in [6.07, 6.45) is 0.998. The van der Waals surface area contributed by atoms with Crippen LogP contribution >= 0.6 is 28.3 Å². The number of likely N-dealkylation sites (tertiary alicyclic amines) is 1. The van der Waals surface area contributed by atoms with Crippen molar-refractivity contribution in [2.75, 3.05) is 13.1 Å². The second-order valence-corrected chi connectivity index (χ2v) is 6.87. The van der Waals surface area contributed by atoms with E-state index in [0.29, 0.717) is 23.8 Å². The third-order valence-corrected chi connectivity index (χ3v) is 4.29. The number of nitrogens with two attached hydrogens (primary N) is 1. The molecule has 1 fully saturated rings. The van der Waals surface area contributed by atoms with E-state index in [4.69, 9.17) is 10.5 Å². The number of nitrogens with zero attached hydrogens (tertiary/aromatic N) is 1. The molecule has 0 spiro atoms. The quantitative estimate of drug-likeness (QED) is 0.855. The van der Waals surface area contributed by atoms with Gasteiger partial charge >= 0.3 is 0 Å². The van der Waals surface area contributed by atoms with Gasteiger partial charge in [-0.15, -0.1) is 12.4 Å². The minimum Gasteiger partial charge on any atom is -0.490 e. The first-order chi connectivity index (χ1) is 9.92. The van der Waals surface area contributed by atoms with Crippen LogP contribution in [0.25, 0.3) is 0 Å². The summed E-state index contributed by atoms with van der Waals surface area (Å²) < 4.78 is 6.70. The van der Waals surface area contributed by atoms with E-state index >= 15 is 0 Å². The first-order valence-corrected chi connectivity index (χ1v) is 8.19. The molecule has 2 atom stereocenters. The fourth-order valence-electron chi connectivity index (χ4n) is 2.78. The minimum absolute atomic E-state index is 0. The molecule has 1 aromatic carbocycles. The maximum atomic E-state index is 12.8. The third-order valence-electron chi connectivity index (χ3n) is 3.79. The highest BCUT2D eigenvalue weighted by Crippen LogP contribution is 2.30. The smallest absolute Gasteiger partial charge is 0.257 e. The molecule has 0 bridgehead atoms. The topological polar surface area (TPSA) is 55.6 Å². The number of carbonyl (C=O) groups excluding carboxylic acids is 1. The molecule has 1 amide bonds. The maximum Gasteiger partial charge on any atom is 0.257 e. The summed E-state index contributed by atoms with van der Waals surface area (Å²) in [7, 11) is 0. The highest BCUT2D eigenvalue weighted by Gasteiger charge is 2.33. The number of amides is 1. The average Bonchev–Trinajstić information content (AvgIpc) is 2.79. The summed E-state index contributed by atoms with van der Waals surface area (Å²) in [4.78, 5) is 14.7. The second-order valence-electron chi connectivity index (χ2n) is 5.95. The van der Waals surface area contributed by atoms with Crippen LogP contribution in [0.3, 0.4) is 0 Å². The van der Waals surface area contributed by atoms with Crippen LogP contribution in [0, 0.1) is 5.92 Å². The zero-order chi connectivity index (χ0) is 15.6. The molecule has 1 aliphatic rings. The van der Waals surface area contributed by atoms with Crippen LogP contribution in [0.1, 0.15) is 37.6 Å². The van der Waals surface area contributed by atoms with Crippen molar-refractivity contribution >= 4 is 34.2 Å². The van der Waals surface area contributed by atoms with Crippen LogP contribution in [0.4, 0.5) is 0 Å². The SMILES string of the molecule is CC(C)Oc1cc(Br)ccc1C(=O)N1CC(CN)CC1C.Cl. The summed E-state index contributed by atoms with van der Waals surface area (Å²) in [5.41, 5.74) is 6.37. The molecule has 2 unspecified atom stereocenters. The molecule has 0 radical (unpaired) electrons. The van der Waals surface area contributed by atoms with Crippen molar-refractivity contribution in [3.8, 4) is 5.75 Å². The van der Waals surface area contributed by atoms with E-state index < -0.39 is 0 Å².